The molecule has 0 saturated heterocycles. The lowest BCUT2D eigenvalue weighted by Gasteiger charge is -2.35. The van der Waals surface area contributed by atoms with Crippen molar-refractivity contribution in [3.05, 3.63) is 88.3 Å². The molecule has 2 aromatic carbocycles. The molecule has 1 aliphatic rings. The molecule has 0 bridgehead atoms. The van der Waals surface area contributed by atoms with Gasteiger partial charge < -0.3 is 4.74 Å². The lowest BCUT2D eigenvalue weighted by molar-refractivity contribution is -0.146. The first-order valence-corrected chi connectivity index (χ1v) is 12.1. The third kappa shape index (κ3) is 4.54. The molecule has 0 fully saturated rings. The number of carbonyl (C=O) groups is 1. The standard InChI is InChI=1S/C23H20N2O4S2/c24-15-17-7-9-18(10-8-17)16-29-22(26)14-21-20-5-2-1-4-19(20)11-12-25(21)31(27,28)23-6-3-13-30-23/h1-10,13,21H,11-12,14,16H2. The van der Waals surface area contributed by atoms with Gasteiger partial charge in [-0.25, -0.2) is 8.42 Å². The van der Waals surface area contributed by atoms with Gasteiger partial charge in [-0.15, -0.1) is 11.3 Å². The molecule has 31 heavy (non-hydrogen) atoms. The Kier molecular flexibility index (Phi) is 6.18. The van der Waals surface area contributed by atoms with E-state index in [-0.39, 0.29) is 17.2 Å². The molecular weight excluding hydrogens is 432 g/mol. The van der Waals surface area contributed by atoms with Crippen LogP contribution in [0.1, 0.15) is 34.7 Å². The highest BCUT2D eigenvalue weighted by Crippen LogP contribution is 2.37. The number of sulfonamides is 1. The fourth-order valence-electron chi connectivity index (χ4n) is 3.71. The van der Waals surface area contributed by atoms with E-state index in [1.54, 1.807) is 41.8 Å². The summed E-state index contributed by atoms with van der Waals surface area (Å²) in [6, 6.07) is 19.1. The largest absolute Gasteiger partial charge is 0.461 e. The van der Waals surface area contributed by atoms with Crippen molar-refractivity contribution in [3.63, 3.8) is 0 Å². The van der Waals surface area contributed by atoms with Crippen LogP contribution in [0, 0.1) is 11.3 Å². The zero-order chi connectivity index (χ0) is 21.8. The van der Waals surface area contributed by atoms with Crippen molar-refractivity contribution in [2.75, 3.05) is 6.54 Å². The molecule has 0 aliphatic carbocycles. The molecule has 0 radical (unpaired) electrons. The Labute approximate surface area is 185 Å². The second-order valence-electron chi connectivity index (χ2n) is 7.19. The van der Waals surface area contributed by atoms with Gasteiger partial charge >= 0.3 is 5.97 Å². The van der Waals surface area contributed by atoms with Crippen LogP contribution in [0.2, 0.25) is 0 Å². The Morgan fingerprint density at radius 3 is 2.61 bits per heavy atom. The summed E-state index contributed by atoms with van der Waals surface area (Å²) >= 11 is 1.17. The van der Waals surface area contributed by atoms with Crippen molar-refractivity contribution in [1.82, 2.24) is 4.31 Å². The molecule has 0 spiro atoms. The van der Waals surface area contributed by atoms with Crippen LogP contribution >= 0.6 is 11.3 Å². The number of rotatable bonds is 6. The Bertz CT molecular complexity index is 1210. The molecular formula is C23H20N2O4S2. The van der Waals surface area contributed by atoms with Crippen LogP contribution in [0.4, 0.5) is 0 Å². The van der Waals surface area contributed by atoms with Crippen molar-refractivity contribution in [2.24, 2.45) is 0 Å². The molecule has 1 aromatic heterocycles. The number of thiophene rings is 1. The zero-order valence-electron chi connectivity index (χ0n) is 16.6. The van der Waals surface area contributed by atoms with Crippen molar-refractivity contribution in [3.8, 4) is 6.07 Å². The first kappa shape index (κ1) is 21.2. The summed E-state index contributed by atoms with van der Waals surface area (Å²) < 4.78 is 33.6. The van der Waals surface area contributed by atoms with Crippen molar-refractivity contribution < 1.29 is 17.9 Å². The average Bonchev–Trinajstić information content (AvgIpc) is 3.34. The highest BCUT2D eigenvalue weighted by molar-refractivity contribution is 7.91. The number of esters is 1. The molecule has 1 aliphatic heterocycles. The van der Waals surface area contributed by atoms with Crippen LogP contribution < -0.4 is 0 Å². The minimum atomic E-state index is -3.72. The molecule has 0 saturated carbocycles. The van der Waals surface area contributed by atoms with Gasteiger partial charge in [0, 0.05) is 6.54 Å². The lowest BCUT2D eigenvalue weighted by atomic mass is 9.92. The van der Waals surface area contributed by atoms with Crippen molar-refractivity contribution in [1.29, 1.82) is 5.26 Å². The van der Waals surface area contributed by atoms with Gasteiger partial charge in [0.1, 0.15) is 10.8 Å². The van der Waals surface area contributed by atoms with Crippen LogP contribution in [-0.4, -0.2) is 25.2 Å². The van der Waals surface area contributed by atoms with E-state index < -0.39 is 22.0 Å². The molecule has 0 N–H and O–H groups in total. The van der Waals surface area contributed by atoms with E-state index in [2.05, 4.69) is 0 Å². The van der Waals surface area contributed by atoms with Crippen LogP contribution in [0.25, 0.3) is 0 Å². The number of hydrogen-bond acceptors (Lipinski definition) is 6. The van der Waals surface area contributed by atoms with Crippen molar-refractivity contribution >= 4 is 27.3 Å². The van der Waals surface area contributed by atoms with E-state index >= 15 is 0 Å². The van der Waals surface area contributed by atoms with E-state index in [0.29, 0.717) is 18.5 Å². The van der Waals surface area contributed by atoms with Gasteiger partial charge in [0.05, 0.1) is 24.1 Å². The summed E-state index contributed by atoms with van der Waals surface area (Å²) in [5.41, 5.74) is 3.18. The van der Waals surface area contributed by atoms with Gasteiger partial charge in [-0.2, -0.15) is 9.57 Å². The van der Waals surface area contributed by atoms with Gasteiger partial charge in [0.2, 0.25) is 0 Å². The fraction of sp³-hybridized carbons (Fsp3) is 0.217. The Morgan fingerprint density at radius 1 is 1.13 bits per heavy atom. The quantitative estimate of drug-likeness (QED) is 0.527. The third-order valence-electron chi connectivity index (χ3n) is 5.26. The number of benzene rings is 2. The van der Waals surface area contributed by atoms with Gasteiger partial charge in [0.15, 0.2) is 0 Å². The highest BCUT2D eigenvalue weighted by Gasteiger charge is 2.38. The Balaban J connectivity index is 1.55. The second kappa shape index (κ2) is 9.02. The Morgan fingerprint density at radius 2 is 1.90 bits per heavy atom. The first-order chi connectivity index (χ1) is 15.0. The molecule has 6 nitrogen and oxygen atoms in total. The normalized spacial score (nSPS) is 16.3. The summed E-state index contributed by atoms with van der Waals surface area (Å²) in [6.07, 6.45) is 0.523. The lowest BCUT2D eigenvalue weighted by Crippen LogP contribution is -2.40. The topological polar surface area (TPSA) is 87.5 Å². The van der Waals surface area contributed by atoms with Crippen LogP contribution in [0.15, 0.2) is 70.3 Å². The van der Waals surface area contributed by atoms with E-state index in [0.717, 1.165) is 16.7 Å². The molecule has 1 atom stereocenters. The maximum absolute atomic E-state index is 13.2. The summed E-state index contributed by atoms with van der Waals surface area (Å²) in [5.74, 6) is -0.475. The van der Waals surface area contributed by atoms with E-state index in [1.807, 2.05) is 30.3 Å². The molecule has 4 rings (SSSR count). The van der Waals surface area contributed by atoms with Gasteiger partial charge in [-0.1, -0.05) is 42.5 Å². The number of hydrogen-bond donors (Lipinski definition) is 0. The number of nitrogens with zero attached hydrogens (tertiary/aromatic N) is 2. The minimum Gasteiger partial charge on any atom is -0.461 e. The summed E-state index contributed by atoms with van der Waals surface area (Å²) in [5, 5.41) is 10.6. The fourth-order valence-corrected chi connectivity index (χ4v) is 6.44. The third-order valence-corrected chi connectivity index (χ3v) is 8.55. The maximum Gasteiger partial charge on any atom is 0.308 e. The number of fused-ring (bicyclic) bond motifs is 1. The number of nitriles is 1. The summed E-state index contributed by atoms with van der Waals surface area (Å²) in [7, 11) is -3.72. The van der Waals surface area contributed by atoms with Gasteiger partial charge in [-0.05, 0) is 46.7 Å². The van der Waals surface area contributed by atoms with Gasteiger partial charge in [-0.3, -0.25) is 4.79 Å². The molecule has 0 amide bonds. The smallest absolute Gasteiger partial charge is 0.308 e. The predicted molar refractivity (Wildman–Crippen MR) is 117 cm³/mol. The minimum absolute atomic E-state index is 0.0661. The second-order valence-corrected chi connectivity index (χ2v) is 10.3. The van der Waals surface area contributed by atoms with Crippen LogP contribution in [-0.2, 0) is 32.6 Å². The van der Waals surface area contributed by atoms with Gasteiger partial charge in [0.25, 0.3) is 10.0 Å². The summed E-state index contributed by atoms with van der Waals surface area (Å²) in [4.78, 5) is 12.7. The molecule has 2 heterocycles. The molecule has 3 aromatic rings. The molecule has 8 heteroatoms. The predicted octanol–water partition coefficient (Wildman–Crippen LogP) is 4.04. The monoisotopic (exact) mass is 452 g/mol. The first-order valence-electron chi connectivity index (χ1n) is 9.77. The number of ether oxygens (including phenoxy) is 1. The Hall–Kier alpha value is -2.99. The van der Waals surface area contributed by atoms with Crippen LogP contribution in [0.5, 0.6) is 0 Å². The highest BCUT2D eigenvalue weighted by atomic mass is 32.2. The SMILES string of the molecule is N#Cc1ccc(COC(=O)CC2c3ccccc3CCN2S(=O)(=O)c2cccs2)cc1. The van der Waals surface area contributed by atoms with Crippen LogP contribution in [0.3, 0.4) is 0 Å². The summed E-state index contributed by atoms with van der Waals surface area (Å²) in [6.45, 7) is 0.376. The molecule has 1 unspecified atom stereocenters. The number of carbonyl (C=O) groups excluding carboxylic acids is 1. The maximum atomic E-state index is 13.2. The van der Waals surface area contributed by atoms with E-state index in [4.69, 9.17) is 10.00 Å². The average molecular weight is 453 g/mol. The van der Waals surface area contributed by atoms with Crippen molar-refractivity contribution in [2.45, 2.75) is 29.7 Å². The molecule has 158 valence electrons. The van der Waals surface area contributed by atoms with E-state index in [1.165, 1.54) is 15.6 Å². The zero-order valence-corrected chi connectivity index (χ0v) is 18.2. The van der Waals surface area contributed by atoms with E-state index in [9.17, 15) is 13.2 Å².